The molecule has 0 aliphatic heterocycles. The molecule has 1 fully saturated rings. The first-order chi connectivity index (χ1) is 9.58. The molecule has 0 bridgehead atoms. The van der Waals surface area contributed by atoms with Crippen molar-refractivity contribution in [3.63, 3.8) is 0 Å². The minimum absolute atomic E-state index is 0.0811. The number of benzene rings is 1. The van der Waals surface area contributed by atoms with Crippen LogP contribution >= 0.6 is 0 Å². The first-order valence-electron chi connectivity index (χ1n) is 7.81. The zero-order chi connectivity index (χ0) is 14.5. The molecule has 3 heteroatoms. The quantitative estimate of drug-likeness (QED) is 0.782. The standard InChI is InChI=1S/C17H27FN2/c1-4-20(11-13(2)3)12-15-9-14(5-8-17(15)18)10-19-16-6-7-16/h5,8-9,13,16,19H,4,6-7,10-12H2,1-3H3. The van der Waals surface area contributed by atoms with Crippen LogP contribution in [0.3, 0.4) is 0 Å². The van der Waals surface area contributed by atoms with Crippen molar-refractivity contribution in [2.75, 3.05) is 13.1 Å². The molecule has 2 nitrogen and oxygen atoms in total. The first-order valence-corrected chi connectivity index (χ1v) is 7.81. The molecule has 2 rings (SSSR count). The van der Waals surface area contributed by atoms with Crippen molar-refractivity contribution < 1.29 is 4.39 Å². The van der Waals surface area contributed by atoms with Crippen molar-refractivity contribution in [1.82, 2.24) is 10.2 Å². The molecular formula is C17H27FN2. The van der Waals surface area contributed by atoms with E-state index in [0.29, 0.717) is 18.5 Å². The van der Waals surface area contributed by atoms with Crippen LogP contribution in [0.15, 0.2) is 18.2 Å². The molecule has 1 aliphatic carbocycles. The lowest BCUT2D eigenvalue weighted by Gasteiger charge is -2.23. The number of hydrogen-bond acceptors (Lipinski definition) is 2. The SMILES string of the molecule is CCN(Cc1cc(CNC2CC2)ccc1F)CC(C)C. The Balaban J connectivity index is 1.98. The second-order valence-electron chi connectivity index (χ2n) is 6.30. The molecule has 0 spiro atoms. The summed E-state index contributed by atoms with van der Waals surface area (Å²) >= 11 is 0. The number of hydrogen-bond donors (Lipinski definition) is 1. The van der Waals surface area contributed by atoms with Crippen molar-refractivity contribution in [2.45, 2.75) is 52.7 Å². The lowest BCUT2D eigenvalue weighted by atomic mass is 10.1. The van der Waals surface area contributed by atoms with Gasteiger partial charge < -0.3 is 5.32 Å². The molecule has 0 heterocycles. The van der Waals surface area contributed by atoms with Crippen LogP contribution in [0.5, 0.6) is 0 Å². The summed E-state index contributed by atoms with van der Waals surface area (Å²) < 4.78 is 14.0. The molecule has 1 N–H and O–H groups in total. The maximum atomic E-state index is 14.0. The molecule has 112 valence electrons. The van der Waals surface area contributed by atoms with Gasteiger partial charge in [-0.05, 0) is 36.9 Å². The highest BCUT2D eigenvalue weighted by Gasteiger charge is 2.20. The van der Waals surface area contributed by atoms with Crippen LogP contribution in [0.25, 0.3) is 0 Å². The minimum atomic E-state index is -0.0811. The predicted molar refractivity (Wildman–Crippen MR) is 82.1 cm³/mol. The van der Waals surface area contributed by atoms with Gasteiger partial charge in [0.2, 0.25) is 0 Å². The number of nitrogens with zero attached hydrogens (tertiary/aromatic N) is 1. The molecule has 0 amide bonds. The third-order valence-corrected chi connectivity index (χ3v) is 3.75. The van der Waals surface area contributed by atoms with E-state index in [1.54, 1.807) is 6.07 Å². The van der Waals surface area contributed by atoms with E-state index in [1.165, 1.54) is 18.4 Å². The molecule has 20 heavy (non-hydrogen) atoms. The summed E-state index contributed by atoms with van der Waals surface area (Å²) in [5.41, 5.74) is 2.01. The van der Waals surface area contributed by atoms with Gasteiger partial charge in [-0.2, -0.15) is 0 Å². The third kappa shape index (κ3) is 4.88. The largest absolute Gasteiger partial charge is 0.310 e. The van der Waals surface area contributed by atoms with Crippen molar-refractivity contribution >= 4 is 0 Å². The normalized spacial score (nSPS) is 15.3. The summed E-state index contributed by atoms with van der Waals surface area (Å²) in [5, 5.41) is 3.48. The van der Waals surface area contributed by atoms with Gasteiger partial charge in [-0.15, -0.1) is 0 Å². The average Bonchev–Trinajstić information content (AvgIpc) is 3.22. The Labute approximate surface area is 122 Å². The molecule has 0 aromatic heterocycles. The molecule has 0 radical (unpaired) electrons. The van der Waals surface area contributed by atoms with E-state index in [2.05, 4.69) is 31.0 Å². The highest BCUT2D eigenvalue weighted by molar-refractivity contribution is 5.25. The smallest absolute Gasteiger partial charge is 0.127 e. The van der Waals surface area contributed by atoms with Crippen LogP contribution in [0.4, 0.5) is 4.39 Å². The van der Waals surface area contributed by atoms with Crippen LogP contribution in [0.2, 0.25) is 0 Å². The van der Waals surface area contributed by atoms with E-state index in [4.69, 9.17) is 0 Å². The Morgan fingerprint density at radius 1 is 1.35 bits per heavy atom. The van der Waals surface area contributed by atoms with Crippen molar-refractivity contribution in [1.29, 1.82) is 0 Å². The Morgan fingerprint density at radius 3 is 2.70 bits per heavy atom. The van der Waals surface area contributed by atoms with Crippen molar-refractivity contribution in [2.24, 2.45) is 5.92 Å². The number of nitrogens with one attached hydrogen (secondary N) is 1. The van der Waals surface area contributed by atoms with Gasteiger partial charge in [0.25, 0.3) is 0 Å². The summed E-state index contributed by atoms with van der Waals surface area (Å²) in [6.45, 7) is 10.1. The van der Waals surface area contributed by atoms with Crippen LogP contribution in [-0.4, -0.2) is 24.0 Å². The second kappa shape index (κ2) is 7.19. The molecule has 0 atom stereocenters. The maximum Gasteiger partial charge on any atom is 0.127 e. The second-order valence-corrected chi connectivity index (χ2v) is 6.30. The van der Waals surface area contributed by atoms with Gasteiger partial charge in [0, 0.05) is 31.2 Å². The van der Waals surface area contributed by atoms with E-state index in [1.807, 2.05) is 12.1 Å². The van der Waals surface area contributed by atoms with Gasteiger partial charge in [0.05, 0.1) is 0 Å². The monoisotopic (exact) mass is 278 g/mol. The maximum absolute atomic E-state index is 14.0. The fourth-order valence-corrected chi connectivity index (χ4v) is 2.47. The van der Waals surface area contributed by atoms with Gasteiger partial charge in [0.1, 0.15) is 5.82 Å². The predicted octanol–water partition coefficient (Wildman–Crippen LogP) is 3.56. The summed E-state index contributed by atoms with van der Waals surface area (Å²) in [6, 6.07) is 6.22. The zero-order valence-electron chi connectivity index (χ0n) is 13.0. The lowest BCUT2D eigenvalue weighted by Crippen LogP contribution is -2.27. The zero-order valence-corrected chi connectivity index (χ0v) is 13.0. The Bertz CT molecular complexity index is 427. The van der Waals surface area contributed by atoms with Gasteiger partial charge >= 0.3 is 0 Å². The number of rotatable bonds is 8. The molecule has 1 saturated carbocycles. The fourth-order valence-electron chi connectivity index (χ4n) is 2.47. The van der Waals surface area contributed by atoms with E-state index < -0.39 is 0 Å². The molecule has 1 aliphatic rings. The topological polar surface area (TPSA) is 15.3 Å². The van der Waals surface area contributed by atoms with Crippen LogP contribution < -0.4 is 5.32 Å². The average molecular weight is 278 g/mol. The molecular weight excluding hydrogens is 251 g/mol. The molecule has 0 unspecified atom stereocenters. The Kier molecular flexibility index (Phi) is 5.55. The highest BCUT2D eigenvalue weighted by atomic mass is 19.1. The fraction of sp³-hybridized carbons (Fsp3) is 0.647. The van der Waals surface area contributed by atoms with Crippen LogP contribution in [-0.2, 0) is 13.1 Å². The molecule has 0 saturated heterocycles. The van der Waals surface area contributed by atoms with Gasteiger partial charge in [0.15, 0.2) is 0 Å². The van der Waals surface area contributed by atoms with Crippen molar-refractivity contribution in [3.8, 4) is 0 Å². The highest BCUT2D eigenvalue weighted by Crippen LogP contribution is 2.20. The number of halogens is 1. The summed E-state index contributed by atoms with van der Waals surface area (Å²) in [4.78, 5) is 2.31. The summed E-state index contributed by atoms with van der Waals surface area (Å²) in [7, 11) is 0. The van der Waals surface area contributed by atoms with Gasteiger partial charge in [-0.25, -0.2) is 4.39 Å². The minimum Gasteiger partial charge on any atom is -0.310 e. The van der Waals surface area contributed by atoms with E-state index in [0.717, 1.165) is 25.2 Å². The summed E-state index contributed by atoms with van der Waals surface area (Å²) in [5.74, 6) is 0.528. The first kappa shape index (κ1) is 15.5. The van der Waals surface area contributed by atoms with Crippen LogP contribution in [0.1, 0.15) is 44.7 Å². The Hall–Kier alpha value is -0.930. The molecule has 1 aromatic carbocycles. The van der Waals surface area contributed by atoms with E-state index in [-0.39, 0.29) is 5.82 Å². The van der Waals surface area contributed by atoms with Gasteiger partial charge in [-0.1, -0.05) is 32.9 Å². The third-order valence-electron chi connectivity index (χ3n) is 3.75. The Morgan fingerprint density at radius 2 is 2.10 bits per heavy atom. The van der Waals surface area contributed by atoms with Crippen molar-refractivity contribution in [3.05, 3.63) is 35.1 Å². The lowest BCUT2D eigenvalue weighted by molar-refractivity contribution is 0.245. The summed E-state index contributed by atoms with van der Waals surface area (Å²) in [6.07, 6.45) is 2.57. The van der Waals surface area contributed by atoms with Crippen LogP contribution in [0, 0.1) is 11.7 Å². The van der Waals surface area contributed by atoms with E-state index in [9.17, 15) is 4.39 Å². The van der Waals surface area contributed by atoms with E-state index >= 15 is 0 Å². The molecule has 1 aromatic rings. The van der Waals surface area contributed by atoms with Gasteiger partial charge in [-0.3, -0.25) is 4.90 Å².